The summed E-state index contributed by atoms with van der Waals surface area (Å²) in [5.41, 5.74) is 5.48. The molecule has 0 aliphatic rings. The Kier molecular flexibility index (Phi) is 3.67. The first-order valence-corrected chi connectivity index (χ1v) is 6.20. The van der Waals surface area contributed by atoms with Crippen molar-refractivity contribution < 1.29 is 4.74 Å². The lowest BCUT2D eigenvalue weighted by Crippen LogP contribution is -2.09. The maximum atomic E-state index is 5.62. The van der Waals surface area contributed by atoms with Gasteiger partial charge in [0, 0.05) is 11.1 Å². The minimum absolute atomic E-state index is 0.344. The molecule has 2 aromatic rings. The molecule has 0 aliphatic heterocycles. The molecule has 96 valence electrons. The van der Waals surface area contributed by atoms with Gasteiger partial charge in [0.15, 0.2) is 0 Å². The minimum atomic E-state index is 0.344. The zero-order valence-electron chi connectivity index (χ0n) is 11.0. The fraction of sp³-hybridized carbons (Fsp3) is 0.357. The Bertz CT molecular complexity index is 552. The van der Waals surface area contributed by atoms with Gasteiger partial charge in [0.05, 0.1) is 12.3 Å². The topological polar surface area (TPSA) is 60.2 Å². The third kappa shape index (κ3) is 2.24. The van der Waals surface area contributed by atoms with Crippen LogP contribution in [0.1, 0.15) is 32.4 Å². The standard InChI is InChI=1S/C14H19N3O/c1-4-18-13-7-5-6-10-12(17-15)8-11(9(2)3)16-14(10)13/h5-9H,4,15H2,1-3H3,(H,16,17). The summed E-state index contributed by atoms with van der Waals surface area (Å²) >= 11 is 0. The largest absolute Gasteiger partial charge is 0.492 e. The van der Waals surface area contributed by atoms with E-state index in [2.05, 4.69) is 24.3 Å². The van der Waals surface area contributed by atoms with Crippen molar-refractivity contribution in [1.82, 2.24) is 4.98 Å². The lowest BCUT2D eigenvalue weighted by molar-refractivity contribution is 0.343. The van der Waals surface area contributed by atoms with Crippen molar-refractivity contribution in [3.8, 4) is 5.75 Å². The summed E-state index contributed by atoms with van der Waals surface area (Å²) in [5.74, 6) is 6.73. The van der Waals surface area contributed by atoms with E-state index in [1.807, 2.05) is 31.2 Å². The summed E-state index contributed by atoms with van der Waals surface area (Å²) in [6.07, 6.45) is 0. The number of para-hydroxylation sites is 1. The van der Waals surface area contributed by atoms with Gasteiger partial charge in [-0.3, -0.25) is 5.84 Å². The molecule has 1 aromatic carbocycles. The number of nitrogens with two attached hydrogens (primary N) is 1. The minimum Gasteiger partial charge on any atom is -0.492 e. The van der Waals surface area contributed by atoms with E-state index in [1.165, 1.54) is 0 Å². The Hall–Kier alpha value is -1.81. The molecule has 0 spiro atoms. The van der Waals surface area contributed by atoms with Gasteiger partial charge >= 0.3 is 0 Å². The Balaban J connectivity index is 2.71. The van der Waals surface area contributed by atoms with Crippen LogP contribution in [0.15, 0.2) is 24.3 Å². The second-order valence-electron chi connectivity index (χ2n) is 4.48. The molecule has 1 aromatic heterocycles. The van der Waals surface area contributed by atoms with Crippen molar-refractivity contribution in [2.24, 2.45) is 5.84 Å². The van der Waals surface area contributed by atoms with Crippen molar-refractivity contribution in [2.75, 3.05) is 12.0 Å². The molecule has 0 unspecified atom stereocenters. The van der Waals surface area contributed by atoms with Gasteiger partial charge in [-0.2, -0.15) is 0 Å². The van der Waals surface area contributed by atoms with Gasteiger partial charge in [-0.1, -0.05) is 26.0 Å². The molecule has 0 aliphatic carbocycles. The highest BCUT2D eigenvalue weighted by Crippen LogP contribution is 2.31. The second-order valence-corrected chi connectivity index (χ2v) is 4.48. The number of nitrogens with one attached hydrogen (secondary N) is 1. The van der Waals surface area contributed by atoms with Crippen LogP contribution in [-0.4, -0.2) is 11.6 Å². The summed E-state index contributed by atoms with van der Waals surface area (Å²) in [5, 5.41) is 0.979. The van der Waals surface area contributed by atoms with E-state index in [-0.39, 0.29) is 0 Å². The molecule has 0 saturated heterocycles. The van der Waals surface area contributed by atoms with Crippen molar-refractivity contribution in [2.45, 2.75) is 26.7 Å². The van der Waals surface area contributed by atoms with Gasteiger partial charge in [-0.05, 0) is 25.0 Å². The third-order valence-electron chi connectivity index (χ3n) is 2.87. The summed E-state index contributed by atoms with van der Waals surface area (Å²) in [7, 11) is 0. The highest BCUT2D eigenvalue weighted by molar-refractivity contribution is 5.95. The fourth-order valence-corrected chi connectivity index (χ4v) is 1.93. The Labute approximate surface area is 107 Å². The first-order valence-electron chi connectivity index (χ1n) is 6.20. The van der Waals surface area contributed by atoms with E-state index in [1.54, 1.807) is 0 Å². The molecule has 2 rings (SSSR count). The van der Waals surface area contributed by atoms with Crippen molar-refractivity contribution >= 4 is 16.6 Å². The van der Waals surface area contributed by atoms with Crippen LogP contribution in [0.5, 0.6) is 5.75 Å². The molecule has 18 heavy (non-hydrogen) atoms. The molecule has 0 bridgehead atoms. The monoisotopic (exact) mass is 245 g/mol. The molecule has 0 atom stereocenters. The molecule has 0 radical (unpaired) electrons. The number of aromatic nitrogens is 1. The number of rotatable bonds is 4. The van der Waals surface area contributed by atoms with E-state index in [0.717, 1.165) is 28.0 Å². The van der Waals surface area contributed by atoms with Crippen molar-refractivity contribution in [3.05, 3.63) is 30.0 Å². The number of nitrogen functional groups attached to an aromatic ring is 1. The van der Waals surface area contributed by atoms with Crippen LogP contribution in [0.3, 0.4) is 0 Å². The van der Waals surface area contributed by atoms with Crippen LogP contribution >= 0.6 is 0 Å². The van der Waals surface area contributed by atoms with Crippen LogP contribution < -0.4 is 16.0 Å². The predicted octanol–water partition coefficient (Wildman–Crippen LogP) is 3.04. The highest BCUT2D eigenvalue weighted by Gasteiger charge is 2.11. The zero-order chi connectivity index (χ0) is 13.1. The average Bonchev–Trinajstić information content (AvgIpc) is 2.38. The van der Waals surface area contributed by atoms with E-state index < -0.39 is 0 Å². The number of ether oxygens (including phenoxy) is 1. The van der Waals surface area contributed by atoms with E-state index >= 15 is 0 Å². The number of nitrogens with zero attached hydrogens (tertiary/aromatic N) is 1. The maximum Gasteiger partial charge on any atom is 0.145 e. The van der Waals surface area contributed by atoms with E-state index in [4.69, 9.17) is 10.6 Å². The van der Waals surface area contributed by atoms with E-state index in [0.29, 0.717) is 12.5 Å². The number of pyridine rings is 1. The smallest absolute Gasteiger partial charge is 0.145 e. The zero-order valence-corrected chi connectivity index (χ0v) is 11.0. The third-order valence-corrected chi connectivity index (χ3v) is 2.87. The lowest BCUT2D eigenvalue weighted by atomic mass is 10.1. The number of hydrogen-bond acceptors (Lipinski definition) is 4. The molecular weight excluding hydrogens is 226 g/mol. The number of hydrogen-bond donors (Lipinski definition) is 2. The number of benzene rings is 1. The Morgan fingerprint density at radius 2 is 2.17 bits per heavy atom. The molecule has 1 heterocycles. The lowest BCUT2D eigenvalue weighted by Gasteiger charge is -2.13. The van der Waals surface area contributed by atoms with E-state index in [9.17, 15) is 0 Å². The summed E-state index contributed by atoms with van der Waals surface area (Å²) in [6, 6.07) is 7.86. The molecule has 0 saturated carbocycles. The number of fused-ring (bicyclic) bond motifs is 1. The van der Waals surface area contributed by atoms with Crippen molar-refractivity contribution in [3.63, 3.8) is 0 Å². The first kappa shape index (κ1) is 12.6. The van der Waals surface area contributed by atoms with Gasteiger partial charge in [-0.25, -0.2) is 4.98 Å². The second kappa shape index (κ2) is 5.23. The maximum absolute atomic E-state index is 5.62. The average molecular weight is 245 g/mol. The SMILES string of the molecule is CCOc1cccc2c(NN)cc(C(C)C)nc12. The Morgan fingerprint density at radius 3 is 2.78 bits per heavy atom. The summed E-state index contributed by atoms with van der Waals surface area (Å²) in [6.45, 7) is 6.81. The van der Waals surface area contributed by atoms with Gasteiger partial charge in [0.25, 0.3) is 0 Å². The molecule has 4 heteroatoms. The number of hydrazine groups is 1. The molecule has 0 amide bonds. The van der Waals surface area contributed by atoms with Gasteiger partial charge < -0.3 is 10.2 Å². The quantitative estimate of drug-likeness (QED) is 0.642. The van der Waals surface area contributed by atoms with Crippen LogP contribution in [-0.2, 0) is 0 Å². The number of anilines is 1. The van der Waals surface area contributed by atoms with Gasteiger partial charge in [0.2, 0.25) is 0 Å². The van der Waals surface area contributed by atoms with Gasteiger partial charge in [0.1, 0.15) is 11.3 Å². The van der Waals surface area contributed by atoms with Crippen LogP contribution in [0, 0.1) is 0 Å². The van der Waals surface area contributed by atoms with Crippen LogP contribution in [0.2, 0.25) is 0 Å². The Morgan fingerprint density at radius 1 is 1.39 bits per heavy atom. The molecular formula is C14H19N3O. The highest BCUT2D eigenvalue weighted by atomic mass is 16.5. The molecule has 0 fully saturated rings. The summed E-state index contributed by atoms with van der Waals surface area (Å²) in [4.78, 5) is 4.68. The van der Waals surface area contributed by atoms with Crippen LogP contribution in [0.25, 0.3) is 10.9 Å². The molecule has 4 nitrogen and oxygen atoms in total. The summed E-state index contributed by atoms with van der Waals surface area (Å²) < 4.78 is 5.62. The normalized spacial score (nSPS) is 10.9. The van der Waals surface area contributed by atoms with Crippen molar-refractivity contribution in [1.29, 1.82) is 0 Å². The fourth-order valence-electron chi connectivity index (χ4n) is 1.93. The first-order chi connectivity index (χ1) is 8.67. The van der Waals surface area contributed by atoms with Crippen LogP contribution in [0.4, 0.5) is 5.69 Å². The molecule has 3 N–H and O–H groups in total. The van der Waals surface area contributed by atoms with Gasteiger partial charge in [-0.15, -0.1) is 0 Å². The predicted molar refractivity (Wildman–Crippen MR) is 74.8 cm³/mol.